The maximum absolute atomic E-state index is 6.14. The zero-order valence-corrected chi connectivity index (χ0v) is 13.6. The van der Waals surface area contributed by atoms with Gasteiger partial charge in [0.1, 0.15) is 5.75 Å². The minimum atomic E-state index is 0.375. The van der Waals surface area contributed by atoms with Crippen molar-refractivity contribution in [3.63, 3.8) is 0 Å². The summed E-state index contributed by atoms with van der Waals surface area (Å²) in [6, 6.07) is 6.36. The van der Waals surface area contributed by atoms with Gasteiger partial charge in [-0.1, -0.05) is 37.8 Å². The molecule has 1 aromatic rings. The van der Waals surface area contributed by atoms with Gasteiger partial charge in [-0.3, -0.25) is 0 Å². The monoisotopic (exact) mass is 295 g/mol. The SMILES string of the molecule is CNC(Cc1cc(Cl)ccc1OC)C1(C)CCCCC1. The summed E-state index contributed by atoms with van der Waals surface area (Å²) in [5, 5.41) is 4.31. The van der Waals surface area contributed by atoms with Gasteiger partial charge in [0.15, 0.2) is 0 Å². The van der Waals surface area contributed by atoms with E-state index in [1.807, 2.05) is 18.2 Å². The van der Waals surface area contributed by atoms with E-state index in [0.717, 1.165) is 17.2 Å². The van der Waals surface area contributed by atoms with E-state index in [0.29, 0.717) is 11.5 Å². The Morgan fingerprint density at radius 1 is 1.30 bits per heavy atom. The standard InChI is InChI=1S/C17H26ClNO/c1-17(9-5-4-6-10-17)16(19-2)12-13-11-14(18)7-8-15(13)20-3/h7-8,11,16,19H,4-6,9-10,12H2,1-3H3. The summed E-state index contributed by atoms with van der Waals surface area (Å²) in [5.74, 6) is 0.939. The van der Waals surface area contributed by atoms with Gasteiger partial charge in [0.2, 0.25) is 0 Å². The van der Waals surface area contributed by atoms with Crippen molar-refractivity contribution in [1.29, 1.82) is 0 Å². The van der Waals surface area contributed by atoms with Crippen LogP contribution in [-0.4, -0.2) is 20.2 Å². The highest BCUT2D eigenvalue weighted by Crippen LogP contribution is 2.40. The van der Waals surface area contributed by atoms with Crippen molar-refractivity contribution in [2.75, 3.05) is 14.2 Å². The lowest BCUT2D eigenvalue weighted by Crippen LogP contribution is -2.44. The zero-order valence-electron chi connectivity index (χ0n) is 12.8. The summed E-state index contributed by atoms with van der Waals surface area (Å²) in [4.78, 5) is 0. The fourth-order valence-electron chi connectivity index (χ4n) is 3.53. The number of halogens is 1. The number of ether oxygens (including phenoxy) is 1. The fourth-order valence-corrected chi connectivity index (χ4v) is 3.73. The first-order valence-electron chi connectivity index (χ1n) is 7.59. The van der Waals surface area contributed by atoms with Crippen LogP contribution in [0.2, 0.25) is 5.02 Å². The van der Waals surface area contributed by atoms with Crippen LogP contribution in [0.1, 0.15) is 44.6 Å². The summed E-state index contributed by atoms with van der Waals surface area (Å²) in [7, 11) is 3.80. The van der Waals surface area contributed by atoms with Crippen molar-refractivity contribution in [3.8, 4) is 5.75 Å². The first-order valence-corrected chi connectivity index (χ1v) is 7.96. The molecule has 0 aromatic heterocycles. The first-order chi connectivity index (χ1) is 9.59. The van der Waals surface area contributed by atoms with Gasteiger partial charge in [-0.15, -0.1) is 0 Å². The van der Waals surface area contributed by atoms with Crippen LogP contribution in [0.15, 0.2) is 18.2 Å². The van der Waals surface area contributed by atoms with Gasteiger partial charge >= 0.3 is 0 Å². The third kappa shape index (κ3) is 3.48. The summed E-state index contributed by atoms with van der Waals surface area (Å²) in [6.45, 7) is 2.42. The Morgan fingerprint density at radius 2 is 2.00 bits per heavy atom. The van der Waals surface area contributed by atoms with Crippen molar-refractivity contribution >= 4 is 11.6 Å². The van der Waals surface area contributed by atoms with E-state index < -0.39 is 0 Å². The summed E-state index contributed by atoms with van der Waals surface area (Å²) in [5.41, 5.74) is 1.58. The molecule has 0 saturated heterocycles. The molecule has 1 unspecified atom stereocenters. The van der Waals surface area contributed by atoms with Gasteiger partial charge in [0.05, 0.1) is 7.11 Å². The van der Waals surface area contributed by atoms with Crippen LogP contribution in [-0.2, 0) is 6.42 Å². The molecule has 0 bridgehead atoms. The number of nitrogens with one attached hydrogen (secondary N) is 1. The van der Waals surface area contributed by atoms with Crippen LogP contribution >= 0.6 is 11.6 Å². The van der Waals surface area contributed by atoms with Gasteiger partial charge in [-0.05, 0) is 55.5 Å². The minimum Gasteiger partial charge on any atom is -0.496 e. The minimum absolute atomic E-state index is 0.375. The Hall–Kier alpha value is -0.730. The van der Waals surface area contributed by atoms with E-state index in [2.05, 4.69) is 19.3 Å². The maximum atomic E-state index is 6.14. The van der Waals surface area contributed by atoms with E-state index in [-0.39, 0.29) is 0 Å². The highest BCUT2D eigenvalue weighted by atomic mass is 35.5. The number of likely N-dealkylation sites (N-methyl/N-ethyl adjacent to an activating group) is 1. The fraction of sp³-hybridized carbons (Fsp3) is 0.647. The third-order valence-corrected chi connectivity index (χ3v) is 5.09. The molecule has 1 aliphatic carbocycles. The molecule has 2 nitrogen and oxygen atoms in total. The molecule has 0 amide bonds. The van der Waals surface area contributed by atoms with Crippen molar-refractivity contribution in [2.24, 2.45) is 5.41 Å². The third-order valence-electron chi connectivity index (χ3n) is 4.85. The normalized spacial score (nSPS) is 19.6. The van der Waals surface area contributed by atoms with E-state index in [1.165, 1.54) is 37.7 Å². The van der Waals surface area contributed by atoms with Gasteiger partial charge < -0.3 is 10.1 Å². The van der Waals surface area contributed by atoms with Gasteiger partial charge in [0, 0.05) is 11.1 Å². The molecule has 1 aromatic carbocycles. The molecule has 1 fully saturated rings. The zero-order chi connectivity index (χ0) is 14.6. The van der Waals surface area contributed by atoms with Crippen molar-refractivity contribution in [3.05, 3.63) is 28.8 Å². The number of rotatable bonds is 5. The molecule has 20 heavy (non-hydrogen) atoms. The maximum Gasteiger partial charge on any atom is 0.122 e. The molecule has 3 heteroatoms. The summed E-state index contributed by atoms with van der Waals surface area (Å²) in [6.07, 6.45) is 7.66. The van der Waals surface area contributed by atoms with E-state index >= 15 is 0 Å². The Balaban J connectivity index is 2.19. The lowest BCUT2D eigenvalue weighted by atomic mass is 9.69. The van der Waals surface area contributed by atoms with Gasteiger partial charge in [-0.2, -0.15) is 0 Å². The molecular formula is C17H26ClNO. The van der Waals surface area contributed by atoms with Crippen LogP contribution < -0.4 is 10.1 Å². The van der Waals surface area contributed by atoms with Crippen LogP contribution in [0.25, 0.3) is 0 Å². The molecule has 1 N–H and O–H groups in total. The topological polar surface area (TPSA) is 21.3 Å². The second-order valence-electron chi connectivity index (χ2n) is 6.22. The largest absolute Gasteiger partial charge is 0.496 e. The predicted octanol–water partition coefficient (Wildman–Crippen LogP) is 4.45. The number of methoxy groups -OCH3 is 1. The molecule has 112 valence electrons. The summed E-state index contributed by atoms with van der Waals surface area (Å²) < 4.78 is 5.48. The lowest BCUT2D eigenvalue weighted by Gasteiger charge is -2.41. The Morgan fingerprint density at radius 3 is 2.60 bits per heavy atom. The number of hydrogen-bond donors (Lipinski definition) is 1. The van der Waals surface area contributed by atoms with E-state index in [1.54, 1.807) is 7.11 Å². The van der Waals surface area contributed by atoms with E-state index in [4.69, 9.17) is 16.3 Å². The molecular weight excluding hydrogens is 270 g/mol. The molecule has 1 saturated carbocycles. The quantitative estimate of drug-likeness (QED) is 0.866. The van der Waals surface area contributed by atoms with Crippen molar-refractivity contribution in [1.82, 2.24) is 5.32 Å². The van der Waals surface area contributed by atoms with Gasteiger partial charge in [-0.25, -0.2) is 0 Å². The van der Waals surface area contributed by atoms with Crippen molar-refractivity contribution < 1.29 is 4.74 Å². The number of hydrogen-bond acceptors (Lipinski definition) is 2. The molecule has 1 atom stereocenters. The predicted molar refractivity (Wildman–Crippen MR) is 85.7 cm³/mol. The van der Waals surface area contributed by atoms with Crippen LogP contribution in [0.5, 0.6) is 5.75 Å². The highest BCUT2D eigenvalue weighted by Gasteiger charge is 2.34. The highest BCUT2D eigenvalue weighted by molar-refractivity contribution is 6.30. The van der Waals surface area contributed by atoms with Crippen LogP contribution in [0, 0.1) is 5.41 Å². The Labute approximate surface area is 127 Å². The van der Waals surface area contributed by atoms with Gasteiger partial charge in [0.25, 0.3) is 0 Å². The Bertz CT molecular complexity index is 441. The molecule has 1 aliphatic rings. The second kappa shape index (κ2) is 6.82. The average molecular weight is 296 g/mol. The molecule has 0 heterocycles. The number of benzene rings is 1. The second-order valence-corrected chi connectivity index (χ2v) is 6.65. The molecule has 2 rings (SSSR count). The van der Waals surface area contributed by atoms with Crippen molar-refractivity contribution in [2.45, 2.75) is 51.5 Å². The van der Waals surface area contributed by atoms with Crippen LogP contribution in [0.4, 0.5) is 0 Å². The summed E-state index contributed by atoms with van der Waals surface area (Å²) >= 11 is 6.14. The molecule has 0 radical (unpaired) electrons. The lowest BCUT2D eigenvalue weighted by molar-refractivity contribution is 0.148. The Kier molecular flexibility index (Phi) is 5.34. The molecule has 0 aliphatic heterocycles. The van der Waals surface area contributed by atoms with Crippen LogP contribution in [0.3, 0.4) is 0 Å². The average Bonchev–Trinajstić information content (AvgIpc) is 2.45. The van der Waals surface area contributed by atoms with E-state index in [9.17, 15) is 0 Å². The smallest absolute Gasteiger partial charge is 0.122 e. The first kappa shape index (κ1) is 15.7. The molecule has 0 spiro atoms.